The van der Waals surface area contributed by atoms with Gasteiger partial charge in [0, 0.05) is 33.6 Å². The van der Waals surface area contributed by atoms with Gasteiger partial charge in [-0.1, -0.05) is 115 Å². The van der Waals surface area contributed by atoms with Gasteiger partial charge in [-0.2, -0.15) is 0 Å². The van der Waals surface area contributed by atoms with Crippen molar-refractivity contribution in [2.75, 3.05) is 4.90 Å². The predicted molar refractivity (Wildman–Crippen MR) is 177 cm³/mol. The molecule has 0 N–H and O–H groups in total. The molecule has 0 saturated heterocycles. The van der Waals surface area contributed by atoms with E-state index in [0.29, 0.717) is 0 Å². The van der Waals surface area contributed by atoms with E-state index < -0.39 is 0 Å². The van der Waals surface area contributed by atoms with Gasteiger partial charge >= 0.3 is 0 Å². The molecule has 2 heteroatoms. The Kier molecular flexibility index (Phi) is 5.82. The zero-order valence-corrected chi connectivity index (χ0v) is 22.9. The highest BCUT2D eigenvalue weighted by atomic mass is 16.3. The van der Waals surface area contributed by atoms with E-state index in [-0.39, 0.29) is 0 Å². The Labute approximate surface area is 244 Å². The van der Waals surface area contributed by atoms with Gasteiger partial charge in [-0.15, -0.1) is 0 Å². The topological polar surface area (TPSA) is 16.4 Å². The van der Waals surface area contributed by atoms with Gasteiger partial charge in [0.1, 0.15) is 11.2 Å². The second-order valence-electron chi connectivity index (χ2n) is 10.6. The Morgan fingerprint density at radius 2 is 0.905 bits per heavy atom. The zero-order chi connectivity index (χ0) is 27.9. The van der Waals surface area contributed by atoms with Gasteiger partial charge in [0.25, 0.3) is 0 Å². The van der Waals surface area contributed by atoms with Crippen LogP contribution in [-0.4, -0.2) is 0 Å². The molecule has 0 fully saturated rings. The monoisotopic (exact) mass is 537 g/mol. The SMILES string of the molecule is c1ccc(-c2ccc(N(c3ccc4c(c3)oc3cc(-c5ccccc5)ccc34)c3cccc4ccccc34)cc2)cc1. The number of furan rings is 1. The van der Waals surface area contributed by atoms with Crippen molar-refractivity contribution in [2.45, 2.75) is 0 Å². The van der Waals surface area contributed by atoms with Crippen LogP contribution in [-0.2, 0) is 0 Å². The van der Waals surface area contributed by atoms with Gasteiger partial charge in [0.2, 0.25) is 0 Å². The molecule has 0 unspecified atom stereocenters. The van der Waals surface area contributed by atoms with Gasteiger partial charge in [0.15, 0.2) is 0 Å². The second-order valence-corrected chi connectivity index (χ2v) is 10.6. The van der Waals surface area contributed by atoms with Crippen molar-refractivity contribution >= 4 is 49.8 Å². The van der Waals surface area contributed by atoms with Crippen LogP contribution >= 0.6 is 0 Å². The van der Waals surface area contributed by atoms with Gasteiger partial charge in [0.05, 0.1) is 5.69 Å². The molecule has 0 bridgehead atoms. The van der Waals surface area contributed by atoms with Crippen LogP contribution in [0.15, 0.2) is 168 Å². The summed E-state index contributed by atoms with van der Waals surface area (Å²) in [5, 5.41) is 4.65. The van der Waals surface area contributed by atoms with Crippen molar-refractivity contribution in [3.63, 3.8) is 0 Å². The van der Waals surface area contributed by atoms with Gasteiger partial charge in [-0.05, 0) is 70.1 Å². The Balaban J connectivity index is 1.28. The highest BCUT2D eigenvalue weighted by Gasteiger charge is 2.18. The summed E-state index contributed by atoms with van der Waals surface area (Å²) in [6.45, 7) is 0. The smallest absolute Gasteiger partial charge is 0.137 e. The minimum absolute atomic E-state index is 0.874. The summed E-state index contributed by atoms with van der Waals surface area (Å²) in [5.41, 5.74) is 9.77. The largest absolute Gasteiger partial charge is 0.456 e. The van der Waals surface area contributed by atoms with Crippen molar-refractivity contribution < 1.29 is 4.42 Å². The maximum atomic E-state index is 6.51. The van der Waals surface area contributed by atoms with E-state index in [1.54, 1.807) is 0 Å². The minimum Gasteiger partial charge on any atom is -0.456 e. The number of hydrogen-bond acceptors (Lipinski definition) is 2. The van der Waals surface area contributed by atoms with Crippen molar-refractivity contribution in [3.05, 3.63) is 164 Å². The first-order chi connectivity index (χ1) is 20.8. The molecular weight excluding hydrogens is 510 g/mol. The molecule has 0 radical (unpaired) electrons. The molecule has 0 saturated carbocycles. The van der Waals surface area contributed by atoms with Crippen molar-refractivity contribution in [1.82, 2.24) is 0 Å². The summed E-state index contributed by atoms with van der Waals surface area (Å²) < 4.78 is 6.51. The number of hydrogen-bond donors (Lipinski definition) is 0. The predicted octanol–water partition coefficient (Wildman–Crippen LogP) is 11.5. The van der Waals surface area contributed by atoms with Crippen LogP contribution in [0.5, 0.6) is 0 Å². The summed E-state index contributed by atoms with van der Waals surface area (Å²) in [6.07, 6.45) is 0. The van der Waals surface area contributed by atoms with Crippen LogP contribution in [0.2, 0.25) is 0 Å². The first kappa shape index (κ1) is 24.2. The molecule has 0 aliphatic heterocycles. The number of rotatable bonds is 5. The number of anilines is 3. The average Bonchev–Trinajstić information content (AvgIpc) is 3.43. The van der Waals surface area contributed by atoms with E-state index in [4.69, 9.17) is 4.42 Å². The fourth-order valence-electron chi connectivity index (χ4n) is 5.98. The standard InChI is InChI=1S/C40H27NO/c1-3-10-28(11-4-1)30-18-21-33(22-19-30)41(38-17-9-15-31-14-7-8-16-35(31)38)34-23-25-37-36-24-20-32(29-12-5-2-6-13-29)26-39(36)42-40(37)27-34/h1-27H. The third-order valence-corrected chi connectivity index (χ3v) is 8.06. The fraction of sp³-hybridized carbons (Fsp3) is 0. The Bertz CT molecular complexity index is 2170. The van der Waals surface area contributed by atoms with E-state index in [2.05, 4.69) is 163 Å². The molecule has 0 atom stereocenters. The van der Waals surface area contributed by atoms with E-state index in [1.165, 1.54) is 27.5 Å². The fourth-order valence-corrected chi connectivity index (χ4v) is 5.98. The van der Waals surface area contributed by atoms with Crippen molar-refractivity contribution in [3.8, 4) is 22.3 Å². The minimum atomic E-state index is 0.874. The Morgan fingerprint density at radius 1 is 0.357 bits per heavy atom. The highest BCUT2D eigenvalue weighted by molar-refractivity contribution is 6.08. The maximum absolute atomic E-state index is 6.51. The first-order valence-corrected chi connectivity index (χ1v) is 14.3. The third-order valence-electron chi connectivity index (χ3n) is 8.06. The molecule has 0 spiro atoms. The van der Waals surface area contributed by atoms with E-state index in [0.717, 1.165) is 44.6 Å². The quantitative estimate of drug-likeness (QED) is 0.217. The van der Waals surface area contributed by atoms with E-state index in [9.17, 15) is 0 Å². The second kappa shape index (κ2) is 10.1. The number of benzene rings is 7. The van der Waals surface area contributed by atoms with Gasteiger partial charge in [-0.3, -0.25) is 0 Å². The lowest BCUT2D eigenvalue weighted by Crippen LogP contribution is -2.10. The molecule has 8 rings (SSSR count). The lowest BCUT2D eigenvalue weighted by molar-refractivity contribution is 0.669. The van der Waals surface area contributed by atoms with Crippen LogP contribution in [0.1, 0.15) is 0 Å². The van der Waals surface area contributed by atoms with Gasteiger partial charge < -0.3 is 9.32 Å². The molecule has 0 aliphatic carbocycles. The molecule has 8 aromatic rings. The third kappa shape index (κ3) is 4.22. The molecule has 1 aromatic heterocycles. The van der Waals surface area contributed by atoms with E-state index in [1.807, 2.05) is 6.07 Å². The highest BCUT2D eigenvalue weighted by Crippen LogP contribution is 2.42. The summed E-state index contributed by atoms with van der Waals surface area (Å²) in [7, 11) is 0. The van der Waals surface area contributed by atoms with Crippen LogP contribution in [0.25, 0.3) is 55.0 Å². The molecular formula is C40H27NO. The molecule has 0 aliphatic rings. The number of fused-ring (bicyclic) bond motifs is 4. The van der Waals surface area contributed by atoms with E-state index >= 15 is 0 Å². The lowest BCUT2D eigenvalue weighted by Gasteiger charge is -2.27. The zero-order valence-electron chi connectivity index (χ0n) is 22.9. The molecule has 42 heavy (non-hydrogen) atoms. The Morgan fingerprint density at radius 3 is 1.67 bits per heavy atom. The Hall–Kier alpha value is -5.60. The molecule has 198 valence electrons. The lowest BCUT2D eigenvalue weighted by atomic mass is 10.0. The summed E-state index contributed by atoms with van der Waals surface area (Å²) in [4.78, 5) is 2.33. The normalized spacial score (nSPS) is 11.3. The van der Waals surface area contributed by atoms with Crippen LogP contribution < -0.4 is 4.90 Å². The molecule has 1 heterocycles. The first-order valence-electron chi connectivity index (χ1n) is 14.3. The van der Waals surface area contributed by atoms with Crippen LogP contribution in [0.4, 0.5) is 17.1 Å². The summed E-state index contributed by atoms with van der Waals surface area (Å²) in [5.74, 6) is 0. The van der Waals surface area contributed by atoms with Crippen molar-refractivity contribution in [1.29, 1.82) is 0 Å². The van der Waals surface area contributed by atoms with Crippen LogP contribution in [0.3, 0.4) is 0 Å². The van der Waals surface area contributed by atoms with Gasteiger partial charge in [-0.25, -0.2) is 0 Å². The van der Waals surface area contributed by atoms with Crippen molar-refractivity contribution in [2.24, 2.45) is 0 Å². The average molecular weight is 538 g/mol. The maximum Gasteiger partial charge on any atom is 0.137 e. The summed E-state index contributed by atoms with van der Waals surface area (Å²) in [6, 6.07) is 57.9. The summed E-state index contributed by atoms with van der Waals surface area (Å²) >= 11 is 0. The van der Waals surface area contributed by atoms with Crippen LogP contribution in [0, 0.1) is 0 Å². The molecule has 0 amide bonds. The number of nitrogens with zero attached hydrogens (tertiary/aromatic N) is 1. The molecule has 7 aromatic carbocycles. The molecule has 2 nitrogen and oxygen atoms in total.